The fourth-order valence-corrected chi connectivity index (χ4v) is 6.98. The van der Waals surface area contributed by atoms with Gasteiger partial charge in [0.1, 0.15) is 0 Å². The van der Waals surface area contributed by atoms with E-state index >= 15 is 0 Å². The van der Waals surface area contributed by atoms with E-state index in [1.807, 2.05) is 66.7 Å². The average Bonchev–Trinajstić information content (AvgIpc) is 3.71. The second kappa shape index (κ2) is 10.4. The fourth-order valence-electron chi connectivity index (χ4n) is 6.98. The summed E-state index contributed by atoms with van der Waals surface area (Å²) < 4.78 is 4.61. The van der Waals surface area contributed by atoms with Crippen molar-refractivity contribution in [1.82, 2.24) is 28.9 Å². The van der Waals surface area contributed by atoms with Crippen molar-refractivity contribution in [2.75, 3.05) is 0 Å². The van der Waals surface area contributed by atoms with Crippen molar-refractivity contribution in [3.63, 3.8) is 0 Å². The van der Waals surface area contributed by atoms with Crippen LogP contribution in [0.3, 0.4) is 0 Å². The number of hydrogen-bond acceptors (Lipinski definition) is 4. The molecular weight excluding hydrogens is 589 g/mol. The molecule has 10 rings (SSSR count). The minimum atomic E-state index is 0.625. The molecule has 0 bridgehead atoms. The number of rotatable bonds is 4. The molecule has 0 spiro atoms. The van der Waals surface area contributed by atoms with Gasteiger partial charge in [0, 0.05) is 33.2 Å². The quantitative estimate of drug-likeness (QED) is 0.185. The van der Waals surface area contributed by atoms with Crippen LogP contribution in [-0.4, -0.2) is 28.9 Å². The Morgan fingerprint density at radius 1 is 0.354 bits per heavy atom. The number of hydrogen-bond donors (Lipinski definition) is 0. The van der Waals surface area contributed by atoms with Crippen molar-refractivity contribution in [3.05, 3.63) is 158 Å². The topological polar surface area (TPSA) is 60.9 Å². The molecule has 48 heavy (non-hydrogen) atoms. The van der Waals surface area contributed by atoms with Crippen molar-refractivity contribution < 1.29 is 0 Å². The van der Waals surface area contributed by atoms with Gasteiger partial charge >= 0.3 is 0 Å². The van der Waals surface area contributed by atoms with Crippen LogP contribution in [0.4, 0.5) is 0 Å². The Hall–Kier alpha value is -6.66. The molecular formula is C42H26N6. The van der Waals surface area contributed by atoms with Gasteiger partial charge in [-0.15, -0.1) is 0 Å². The highest BCUT2D eigenvalue weighted by Gasteiger charge is 2.22. The van der Waals surface area contributed by atoms with Crippen molar-refractivity contribution in [2.24, 2.45) is 0 Å². The van der Waals surface area contributed by atoms with E-state index in [-0.39, 0.29) is 0 Å². The molecule has 6 heteroatoms. The van der Waals surface area contributed by atoms with Crippen LogP contribution in [0.2, 0.25) is 0 Å². The second-order valence-corrected chi connectivity index (χ2v) is 11.9. The summed E-state index contributed by atoms with van der Waals surface area (Å²) in [6, 6.07) is 54.3. The molecule has 0 aliphatic carbocycles. The van der Waals surface area contributed by atoms with Crippen molar-refractivity contribution in [2.45, 2.75) is 0 Å². The summed E-state index contributed by atoms with van der Waals surface area (Å²) in [6.07, 6.45) is 0. The lowest BCUT2D eigenvalue weighted by molar-refractivity contribution is 1.07. The van der Waals surface area contributed by atoms with Crippen molar-refractivity contribution in [1.29, 1.82) is 0 Å². The predicted octanol–water partition coefficient (Wildman–Crippen LogP) is 9.92. The van der Waals surface area contributed by atoms with Gasteiger partial charge in [-0.05, 0) is 47.2 Å². The zero-order chi connectivity index (χ0) is 31.6. The normalized spacial score (nSPS) is 11.8. The van der Waals surface area contributed by atoms with Gasteiger partial charge in [-0.1, -0.05) is 121 Å². The number of imidazole rings is 2. The van der Waals surface area contributed by atoms with Crippen molar-refractivity contribution >= 4 is 49.4 Å². The van der Waals surface area contributed by atoms with Crippen LogP contribution >= 0.6 is 0 Å². The van der Waals surface area contributed by atoms with E-state index in [2.05, 4.69) is 100.0 Å². The van der Waals surface area contributed by atoms with Crippen LogP contribution in [-0.2, 0) is 0 Å². The van der Waals surface area contributed by atoms with E-state index in [1.54, 1.807) is 0 Å². The average molecular weight is 615 g/mol. The Kier molecular flexibility index (Phi) is 5.77. The monoisotopic (exact) mass is 614 g/mol. The maximum absolute atomic E-state index is 5.21. The molecule has 0 aliphatic heterocycles. The molecule has 0 radical (unpaired) electrons. The molecule has 0 fully saturated rings. The first kappa shape index (κ1) is 26.5. The number of fused-ring (bicyclic) bond motifs is 10. The van der Waals surface area contributed by atoms with Crippen LogP contribution in [0.15, 0.2) is 158 Å². The van der Waals surface area contributed by atoms with Gasteiger partial charge in [0.2, 0.25) is 5.78 Å². The number of aromatic nitrogens is 6. The number of benzene rings is 7. The summed E-state index contributed by atoms with van der Waals surface area (Å²) in [7, 11) is 0. The summed E-state index contributed by atoms with van der Waals surface area (Å²) in [4.78, 5) is 20.0. The van der Waals surface area contributed by atoms with Crippen LogP contribution < -0.4 is 0 Å². The summed E-state index contributed by atoms with van der Waals surface area (Å²) >= 11 is 0. The van der Waals surface area contributed by atoms with Gasteiger partial charge in [-0.3, -0.25) is 8.97 Å². The summed E-state index contributed by atoms with van der Waals surface area (Å²) in [5, 5.41) is 4.82. The first-order chi connectivity index (χ1) is 23.8. The lowest BCUT2D eigenvalue weighted by Crippen LogP contribution is -2.00. The number of para-hydroxylation sites is 2. The summed E-state index contributed by atoms with van der Waals surface area (Å²) in [6.45, 7) is 0. The van der Waals surface area contributed by atoms with Crippen LogP contribution in [0, 0.1) is 0 Å². The first-order valence-electron chi connectivity index (χ1n) is 16.0. The molecule has 7 aromatic carbocycles. The van der Waals surface area contributed by atoms with Gasteiger partial charge in [0.05, 0.1) is 22.1 Å². The lowest BCUT2D eigenvalue weighted by Gasteiger charge is -2.12. The Bertz CT molecular complexity index is 2760. The van der Waals surface area contributed by atoms with E-state index < -0.39 is 0 Å². The van der Waals surface area contributed by atoms with E-state index in [4.69, 9.17) is 19.9 Å². The number of nitrogens with zero attached hydrogens (tertiary/aromatic N) is 6. The van der Waals surface area contributed by atoms with Gasteiger partial charge in [0.25, 0.3) is 0 Å². The van der Waals surface area contributed by atoms with E-state index in [0.29, 0.717) is 17.5 Å². The Balaban J connectivity index is 1.22. The summed E-state index contributed by atoms with van der Waals surface area (Å²) in [5.74, 6) is 2.78. The van der Waals surface area contributed by atoms with Crippen LogP contribution in [0.1, 0.15) is 0 Å². The fraction of sp³-hybridized carbons (Fsp3) is 0. The molecule has 3 aromatic heterocycles. The molecule has 0 saturated carbocycles. The zero-order valence-corrected chi connectivity index (χ0v) is 25.7. The SMILES string of the molecule is c1ccc(-c2nc(-c3ccccc3)nc(-c3ccc(-n4c5c6ccccc6c6ccccc6c5n5c6ccccc6nc45)cc3)n2)cc1. The maximum atomic E-state index is 5.21. The van der Waals surface area contributed by atoms with Gasteiger partial charge in [-0.25, -0.2) is 19.9 Å². The molecule has 3 heterocycles. The highest BCUT2D eigenvalue weighted by Crippen LogP contribution is 2.40. The van der Waals surface area contributed by atoms with Crippen LogP contribution in [0.5, 0.6) is 0 Å². The molecule has 0 amide bonds. The van der Waals surface area contributed by atoms with Gasteiger partial charge in [-0.2, -0.15) is 0 Å². The maximum Gasteiger partial charge on any atom is 0.220 e. The molecule has 0 saturated heterocycles. The van der Waals surface area contributed by atoms with Gasteiger partial charge in [0.15, 0.2) is 17.5 Å². The molecule has 10 aromatic rings. The highest BCUT2D eigenvalue weighted by atomic mass is 15.2. The minimum absolute atomic E-state index is 0.625. The predicted molar refractivity (Wildman–Crippen MR) is 194 cm³/mol. The van der Waals surface area contributed by atoms with E-state index in [9.17, 15) is 0 Å². The Labute approximate surface area is 275 Å². The Morgan fingerprint density at radius 2 is 0.812 bits per heavy atom. The second-order valence-electron chi connectivity index (χ2n) is 11.9. The Morgan fingerprint density at radius 3 is 1.40 bits per heavy atom. The largest absolute Gasteiger partial charge is 0.277 e. The molecule has 0 unspecified atom stereocenters. The van der Waals surface area contributed by atoms with E-state index in [1.165, 1.54) is 21.5 Å². The standard InChI is InChI=1S/C42H26N6/c1-3-13-27(14-4-1)39-44-40(28-15-5-2-6-16-28)46-41(45-39)29-23-25-30(26-24-29)47-37-33-19-9-7-17-31(33)32-18-8-10-20-34(32)38(37)48-36-22-12-11-21-35(36)43-42(47)48/h1-26H. The molecule has 6 nitrogen and oxygen atoms in total. The molecule has 0 aliphatic rings. The molecule has 0 N–H and O–H groups in total. The third-order valence-corrected chi connectivity index (χ3v) is 9.15. The molecule has 224 valence electrons. The highest BCUT2D eigenvalue weighted by molar-refractivity contribution is 6.25. The zero-order valence-electron chi connectivity index (χ0n) is 25.7. The third kappa shape index (κ3) is 3.99. The van der Waals surface area contributed by atoms with Crippen LogP contribution in [0.25, 0.3) is 89.2 Å². The lowest BCUT2D eigenvalue weighted by atomic mass is 9.99. The summed E-state index contributed by atoms with van der Waals surface area (Å²) in [5.41, 5.74) is 8.13. The van der Waals surface area contributed by atoms with E-state index in [0.717, 1.165) is 50.2 Å². The molecule has 0 atom stereocenters. The van der Waals surface area contributed by atoms with Gasteiger partial charge < -0.3 is 0 Å². The van der Waals surface area contributed by atoms with Crippen molar-refractivity contribution in [3.8, 4) is 39.9 Å². The third-order valence-electron chi connectivity index (χ3n) is 9.15. The minimum Gasteiger partial charge on any atom is -0.277 e. The smallest absolute Gasteiger partial charge is 0.220 e. The first-order valence-corrected chi connectivity index (χ1v) is 16.0.